The van der Waals surface area contributed by atoms with E-state index in [-0.39, 0.29) is 5.82 Å². The third-order valence-electron chi connectivity index (χ3n) is 3.63. The average Bonchev–Trinajstić information content (AvgIpc) is 2.97. The van der Waals surface area contributed by atoms with E-state index in [0.717, 1.165) is 25.4 Å². The van der Waals surface area contributed by atoms with Gasteiger partial charge in [0.1, 0.15) is 5.82 Å². The van der Waals surface area contributed by atoms with Gasteiger partial charge < -0.3 is 0 Å². The summed E-state index contributed by atoms with van der Waals surface area (Å²) in [7, 11) is -2.71. The summed E-state index contributed by atoms with van der Waals surface area (Å²) in [6, 6.07) is 15.5. The van der Waals surface area contributed by atoms with E-state index in [9.17, 15) is 8.60 Å². The average molecular weight is 435 g/mol. The van der Waals surface area contributed by atoms with E-state index in [4.69, 9.17) is 5.26 Å². The molecule has 0 N–H and O–H groups in total. The second-order valence-electron chi connectivity index (χ2n) is 5.32. The summed E-state index contributed by atoms with van der Waals surface area (Å²) in [5.41, 5.74) is 2.86. The van der Waals surface area contributed by atoms with Gasteiger partial charge in [-0.2, -0.15) is 5.26 Å². The van der Waals surface area contributed by atoms with Crippen LogP contribution in [0.1, 0.15) is 0 Å². The fraction of sp³-hybridized carbons (Fsp3) is 0.0556. The van der Waals surface area contributed by atoms with Crippen molar-refractivity contribution in [1.29, 1.82) is 5.26 Å². The fourth-order valence-corrected chi connectivity index (χ4v) is 4.94. The normalized spacial score (nSPS) is 13.0. The van der Waals surface area contributed by atoms with E-state index in [1.807, 2.05) is 18.2 Å². The van der Waals surface area contributed by atoms with Crippen LogP contribution in [0.4, 0.5) is 4.39 Å². The monoisotopic (exact) mass is 434 g/mol. The van der Waals surface area contributed by atoms with Gasteiger partial charge in [0.05, 0.1) is 13.5 Å². The molecule has 126 valence electrons. The fourth-order valence-electron chi connectivity index (χ4n) is 2.41. The Bertz CT molecular complexity index is 1070. The molecule has 3 aromatic rings. The molecule has 1 atom stereocenters. The lowest BCUT2D eigenvalue weighted by atomic mass is 10.0. The summed E-state index contributed by atoms with van der Waals surface area (Å²) < 4.78 is 30.0. The molecule has 1 heterocycles. The number of hydrogen-bond donors (Lipinski definition) is 0. The van der Waals surface area contributed by atoms with Crippen LogP contribution in [0.3, 0.4) is 0 Å². The number of hydrogen-bond acceptors (Lipinski definition) is 4. The molecule has 3 rings (SSSR count). The zero-order valence-electron chi connectivity index (χ0n) is 13.1. The van der Waals surface area contributed by atoms with Crippen LogP contribution in [0, 0.1) is 17.3 Å². The first-order chi connectivity index (χ1) is 11.9. The van der Waals surface area contributed by atoms with Crippen LogP contribution >= 0.6 is 27.3 Å². The molecular formula is C18H12BrFN2OS2. The van der Waals surface area contributed by atoms with Gasteiger partial charge >= 0.3 is 0 Å². The van der Waals surface area contributed by atoms with Crippen molar-refractivity contribution < 1.29 is 8.60 Å². The Morgan fingerprint density at radius 3 is 2.32 bits per heavy atom. The molecule has 3 nitrogen and oxygen atoms in total. The summed E-state index contributed by atoms with van der Waals surface area (Å²) in [5, 5.41) is 8.65. The predicted octanol–water partition coefficient (Wildman–Crippen LogP) is 5.92. The summed E-state index contributed by atoms with van der Waals surface area (Å²) in [5.74, 6) is -0.274. The second kappa shape index (κ2) is 7.08. The molecule has 0 unspecified atom stereocenters. The molecule has 0 aliphatic rings. The molecule has 0 radical (unpaired) electrons. The van der Waals surface area contributed by atoms with Crippen molar-refractivity contribution >= 4 is 37.0 Å². The van der Waals surface area contributed by atoms with Crippen molar-refractivity contribution in [3.63, 3.8) is 0 Å². The van der Waals surface area contributed by atoms with Crippen LogP contribution < -0.4 is 0 Å². The Labute approximate surface area is 158 Å². The van der Waals surface area contributed by atoms with Crippen molar-refractivity contribution in [3.8, 4) is 27.8 Å². The highest BCUT2D eigenvalue weighted by atomic mass is 79.9. The van der Waals surface area contributed by atoms with Crippen LogP contribution in [-0.2, 0) is 9.73 Å². The SMILES string of the molecule is C[S@@](=O)(=NC#N)c1ccc(-c2cc(Br)sc2-c2ccc(F)cc2)cc1. The topological polar surface area (TPSA) is 53.2 Å². The molecule has 0 aliphatic heterocycles. The van der Waals surface area contributed by atoms with E-state index in [0.29, 0.717) is 4.90 Å². The van der Waals surface area contributed by atoms with E-state index < -0.39 is 9.73 Å². The Kier molecular flexibility index (Phi) is 5.04. The maximum atomic E-state index is 13.2. The minimum absolute atomic E-state index is 0.274. The maximum absolute atomic E-state index is 13.2. The van der Waals surface area contributed by atoms with E-state index >= 15 is 0 Å². The van der Waals surface area contributed by atoms with Crippen molar-refractivity contribution in [3.05, 3.63) is 64.2 Å². The summed E-state index contributed by atoms with van der Waals surface area (Å²) in [6.07, 6.45) is 3.05. The minimum atomic E-state index is -2.71. The van der Waals surface area contributed by atoms with Gasteiger partial charge in [0.25, 0.3) is 0 Å². The van der Waals surface area contributed by atoms with E-state index in [1.165, 1.54) is 18.4 Å². The van der Waals surface area contributed by atoms with Crippen molar-refractivity contribution in [2.45, 2.75) is 4.90 Å². The Morgan fingerprint density at radius 2 is 1.72 bits per heavy atom. The Hall–Kier alpha value is -2.01. The van der Waals surface area contributed by atoms with Crippen molar-refractivity contribution in [2.75, 3.05) is 6.26 Å². The number of thiophene rings is 1. The number of rotatable bonds is 3. The molecule has 0 spiro atoms. The van der Waals surface area contributed by atoms with Gasteiger partial charge in [-0.1, -0.05) is 24.3 Å². The third kappa shape index (κ3) is 3.82. The van der Waals surface area contributed by atoms with Gasteiger partial charge in [-0.3, -0.25) is 0 Å². The highest BCUT2D eigenvalue weighted by Crippen LogP contribution is 2.41. The first kappa shape index (κ1) is 17.8. The number of nitrogens with zero attached hydrogens (tertiary/aromatic N) is 2. The number of benzene rings is 2. The highest BCUT2D eigenvalue weighted by molar-refractivity contribution is 9.11. The second-order valence-corrected chi connectivity index (χ2v) is 10.0. The van der Waals surface area contributed by atoms with Gasteiger partial charge in [-0.05, 0) is 57.4 Å². The molecule has 0 bridgehead atoms. The largest absolute Gasteiger partial charge is 0.244 e. The van der Waals surface area contributed by atoms with Crippen LogP contribution in [0.25, 0.3) is 21.6 Å². The summed E-state index contributed by atoms with van der Waals surface area (Å²) in [4.78, 5) is 1.52. The van der Waals surface area contributed by atoms with Gasteiger partial charge in [0.2, 0.25) is 6.19 Å². The lowest BCUT2D eigenvalue weighted by Crippen LogP contribution is -1.96. The zero-order chi connectivity index (χ0) is 18.0. The first-order valence-corrected chi connectivity index (χ1v) is 10.7. The number of nitriles is 1. The number of halogens is 2. The molecule has 0 saturated heterocycles. The van der Waals surface area contributed by atoms with Gasteiger partial charge in [-0.25, -0.2) is 8.60 Å². The van der Waals surface area contributed by atoms with Crippen LogP contribution in [0.2, 0.25) is 0 Å². The first-order valence-electron chi connectivity index (χ1n) is 7.17. The molecule has 1 aromatic heterocycles. The Balaban J connectivity index is 2.07. The van der Waals surface area contributed by atoms with Crippen molar-refractivity contribution in [1.82, 2.24) is 0 Å². The summed E-state index contributed by atoms with van der Waals surface area (Å²) >= 11 is 5.07. The van der Waals surface area contributed by atoms with Gasteiger partial charge in [0, 0.05) is 21.6 Å². The smallest absolute Gasteiger partial charge is 0.214 e. The lowest BCUT2D eigenvalue weighted by Gasteiger charge is -2.07. The van der Waals surface area contributed by atoms with Gasteiger partial charge in [0.15, 0.2) is 0 Å². The summed E-state index contributed by atoms with van der Waals surface area (Å²) in [6.45, 7) is 0. The van der Waals surface area contributed by atoms with Crippen LogP contribution in [-0.4, -0.2) is 10.5 Å². The molecule has 7 heteroatoms. The third-order valence-corrected chi connectivity index (χ3v) is 6.89. The lowest BCUT2D eigenvalue weighted by molar-refractivity contribution is 0.628. The molecule has 2 aromatic carbocycles. The standard InChI is InChI=1S/C18H12BrFN2OS2/c1-25(23,22-11-21)15-8-4-12(5-9-15)16-10-17(19)24-18(16)13-2-6-14(20)7-3-13/h2-10H,1H3/t25-/m0/s1. The van der Waals surface area contributed by atoms with Crippen LogP contribution in [0.5, 0.6) is 0 Å². The molecule has 25 heavy (non-hydrogen) atoms. The highest BCUT2D eigenvalue weighted by Gasteiger charge is 2.13. The quantitative estimate of drug-likeness (QED) is 0.480. The molecule has 0 amide bonds. The van der Waals surface area contributed by atoms with Crippen molar-refractivity contribution in [2.24, 2.45) is 4.36 Å². The van der Waals surface area contributed by atoms with Gasteiger partial charge in [-0.15, -0.1) is 15.7 Å². The molecule has 0 aliphatic carbocycles. The van der Waals surface area contributed by atoms with Crippen LogP contribution in [0.15, 0.2) is 67.6 Å². The molecule has 0 fully saturated rings. The molecular weight excluding hydrogens is 423 g/mol. The zero-order valence-corrected chi connectivity index (χ0v) is 16.3. The maximum Gasteiger partial charge on any atom is 0.214 e. The molecule has 0 saturated carbocycles. The van der Waals surface area contributed by atoms with E-state index in [1.54, 1.807) is 41.8 Å². The Morgan fingerprint density at radius 1 is 1.12 bits per heavy atom. The van der Waals surface area contributed by atoms with E-state index in [2.05, 4.69) is 20.3 Å². The predicted molar refractivity (Wildman–Crippen MR) is 103 cm³/mol. The minimum Gasteiger partial charge on any atom is -0.244 e.